The first kappa shape index (κ1) is 11.9. The minimum Gasteiger partial charge on any atom is -0.490 e. The topological polar surface area (TPSA) is 68.0 Å². The van der Waals surface area contributed by atoms with Crippen molar-refractivity contribution in [3.05, 3.63) is 42.4 Å². The van der Waals surface area contributed by atoms with Crippen LogP contribution in [-0.2, 0) is 0 Å². The van der Waals surface area contributed by atoms with Crippen molar-refractivity contribution in [2.24, 2.45) is 0 Å². The smallest absolute Gasteiger partial charge is 0.238 e. The molecule has 0 radical (unpaired) electrons. The van der Waals surface area contributed by atoms with Crippen LogP contribution in [0.1, 0.15) is 12.6 Å². The zero-order valence-corrected chi connectivity index (χ0v) is 9.83. The maximum absolute atomic E-state index is 8.62. The molecule has 0 fully saturated rings. The predicted molar refractivity (Wildman–Crippen MR) is 64.4 cm³/mol. The number of nitriles is 1. The average Bonchev–Trinajstić information content (AvgIpc) is 2.42. The maximum atomic E-state index is 8.62. The summed E-state index contributed by atoms with van der Waals surface area (Å²) in [5.41, 5.74) is 0.250. The standard InChI is InChI=1S/C13H11N3O2/c1-2-17-11-5-3-4-6-12(11)18-13-9-15-10(7-14)8-16-13/h3-6,8-9H,2H2,1H3. The van der Waals surface area contributed by atoms with Gasteiger partial charge >= 0.3 is 0 Å². The molecular formula is C13H11N3O2. The second kappa shape index (κ2) is 5.64. The van der Waals surface area contributed by atoms with E-state index >= 15 is 0 Å². The summed E-state index contributed by atoms with van der Waals surface area (Å²) >= 11 is 0. The van der Waals surface area contributed by atoms with Gasteiger partial charge in [0.1, 0.15) is 6.07 Å². The summed E-state index contributed by atoms with van der Waals surface area (Å²) in [5, 5.41) is 8.62. The average molecular weight is 241 g/mol. The van der Waals surface area contributed by atoms with Gasteiger partial charge in [-0.2, -0.15) is 5.26 Å². The summed E-state index contributed by atoms with van der Waals surface area (Å²) in [6.45, 7) is 2.46. The van der Waals surface area contributed by atoms with Crippen molar-refractivity contribution in [3.63, 3.8) is 0 Å². The van der Waals surface area contributed by atoms with E-state index in [2.05, 4.69) is 9.97 Å². The molecule has 0 aliphatic heterocycles. The van der Waals surface area contributed by atoms with E-state index < -0.39 is 0 Å². The summed E-state index contributed by atoms with van der Waals surface area (Å²) in [5.74, 6) is 1.53. The Morgan fingerprint density at radius 3 is 2.56 bits per heavy atom. The monoisotopic (exact) mass is 241 g/mol. The molecule has 0 N–H and O–H groups in total. The van der Waals surface area contributed by atoms with Gasteiger partial charge in [-0.1, -0.05) is 12.1 Å². The van der Waals surface area contributed by atoms with Crippen LogP contribution in [-0.4, -0.2) is 16.6 Å². The molecular weight excluding hydrogens is 230 g/mol. The molecule has 90 valence electrons. The Hall–Kier alpha value is -2.61. The van der Waals surface area contributed by atoms with Crippen molar-refractivity contribution in [2.45, 2.75) is 6.92 Å². The number of ether oxygens (including phenoxy) is 2. The molecule has 5 heteroatoms. The Labute approximate surface area is 105 Å². The Kier molecular flexibility index (Phi) is 3.72. The van der Waals surface area contributed by atoms with Crippen LogP contribution in [0.25, 0.3) is 0 Å². The van der Waals surface area contributed by atoms with Crippen LogP contribution < -0.4 is 9.47 Å². The highest BCUT2D eigenvalue weighted by Gasteiger charge is 2.06. The molecule has 0 atom stereocenters. The fourth-order valence-electron chi connectivity index (χ4n) is 1.35. The molecule has 2 rings (SSSR count). The predicted octanol–water partition coefficient (Wildman–Crippen LogP) is 2.54. The van der Waals surface area contributed by atoms with E-state index in [-0.39, 0.29) is 5.69 Å². The molecule has 1 aromatic carbocycles. The second-order valence-corrected chi connectivity index (χ2v) is 3.33. The Balaban J connectivity index is 2.20. The number of hydrogen-bond acceptors (Lipinski definition) is 5. The number of hydrogen-bond donors (Lipinski definition) is 0. The molecule has 0 saturated carbocycles. The van der Waals surface area contributed by atoms with Crippen molar-refractivity contribution in [1.29, 1.82) is 5.26 Å². The van der Waals surface area contributed by atoms with E-state index in [0.717, 1.165) is 0 Å². The third-order valence-electron chi connectivity index (χ3n) is 2.11. The lowest BCUT2D eigenvalue weighted by atomic mass is 10.3. The lowest BCUT2D eigenvalue weighted by Gasteiger charge is -2.09. The fourth-order valence-corrected chi connectivity index (χ4v) is 1.35. The van der Waals surface area contributed by atoms with Crippen LogP contribution in [0.15, 0.2) is 36.7 Å². The van der Waals surface area contributed by atoms with Crippen molar-refractivity contribution in [3.8, 4) is 23.4 Å². The van der Waals surface area contributed by atoms with Crippen LogP contribution >= 0.6 is 0 Å². The molecule has 18 heavy (non-hydrogen) atoms. The van der Waals surface area contributed by atoms with Gasteiger partial charge in [0.25, 0.3) is 0 Å². The first-order valence-electron chi connectivity index (χ1n) is 5.45. The molecule has 0 amide bonds. The van der Waals surface area contributed by atoms with Gasteiger partial charge in [-0.3, -0.25) is 0 Å². The third-order valence-corrected chi connectivity index (χ3v) is 2.11. The van der Waals surface area contributed by atoms with Gasteiger partial charge in [-0.05, 0) is 19.1 Å². The summed E-state index contributed by atoms with van der Waals surface area (Å²) in [6.07, 6.45) is 2.76. The second-order valence-electron chi connectivity index (χ2n) is 3.33. The van der Waals surface area contributed by atoms with Crippen molar-refractivity contribution in [2.75, 3.05) is 6.61 Å². The van der Waals surface area contributed by atoms with Crippen LogP contribution in [0.5, 0.6) is 17.4 Å². The highest BCUT2D eigenvalue weighted by Crippen LogP contribution is 2.29. The van der Waals surface area contributed by atoms with E-state index in [9.17, 15) is 0 Å². The minimum absolute atomic E-state index is 0.250. The molecule has 1 heterocycles. The van der Waals surface area contributed by atoms with Crippen LogP contribution in [0.2, 0.25) is 0 Å². The van der Waals surface area contributed by atoms with E-state index in [1.807, 2.05) is 31.2 Å². The van der Waals surface area contributed by atoms with Gasteiger partial charge in [0.05, 0.1) is 19.0 Å². The molecule has 2 aromatic rings. The zero-order chi connectivity index (χ0) is 12.8. The Bertz CT molecular complexity index is 561. The maximum Gasteiger partial charge on any atom is 0.238 e. The van der Waals surface area contributed by atoms with Gasteiger partial charge < -0.3 is 9.47 Å². The van der Waals surface area contributed by atoms with Gasteiger partial charge in [-0.25, -0.2) is 9.97 Å². The third kappa shape index (κ3) is 2.74. The van der Waals surface area contributed by atoms with E-state index in [4.69, 9.17) is 14.7 Å². The number of rotatable bonds is 4. The van der Waals surface area contributed by atoms with Gasteiger partial charge in [0.15, 0.2) is 17.2 Å². The Morgan fingerprint density at radius 1 is 1.17 bits per heavy atom. The van der Waals surface area contributed by atoms with Crippen molar-refractivity contribution < 1.29 is 9.47 Å². The van der Waals surface area contributed by atoms with Crippen molar-refractivity contribution in [1.82, 2.24) is 9.97 Å². The minimum atomic E-state index is 0.250. The number of benzene rings is 1. The summed E-state index contributed by atoms with van der Waals surface area (Å²) in [6, 6.07) is 9.20. The molecule has 1 aromatic heterocycles. The molecule has 0 saturated heterocycles. The first-order valence-corrected chi connectivity index (χ1v) is 5.45. The Morgan fingerprint density at radius 2 is 1.94 bits per heavy atom. The molecule has 0 spiro atoms. The quantitative estimate of drug-likeness (QED) is 0.822. The van der Waals surface area contributed by atoms with E-state index in [1.54, 1.807) is 6.07 Å². The number of nitrogens with zero attached hydrogens (tertiary/aromatic N) is 3. The molecule has 0 aliphatic carbocycles. The van der Waals surface area contributed by atoms with Gasteiger partial charge in [0.2, 0.25) is 5.88 Å². The molecule has 5 nitrogen and oxygen atoms in total. The molecule has 0 unspecified atom stereocenters. The van der Waals surface area contributed by atoms with Crippen LogP contribution in [0, 0.1) is 11.3 Å². The van der Waals surface area contributed by atoms with Crippen LogP contribution in [0.4, 0.5) is 0 Å². The lowest BCUT2D eigenvalue weighted by molar-refractivity contribution is 0.319. The summed E-state index contributed by atoms with van der Waals surface area (Å²) in [4.78, 5) is 7.86. The first-order chi connectivity index (χ1) is 8.83. The molecule has 0 bridgehead atoms. The highest BCUT2D eigenvalue weighted by molar-refractivity contribution is 5.41. The van der Waals surface area contributed by atoms with E-state index in [1.165, 1.54) is 12.4 Å². The fraction of sp³-hybridized carbons (Fsp3) is 0.154. The number of aromatic nitrogens is 2. The largest absolute Gasteiger partial charge is 0.490 e. The lowest BCUT2D eigenvalue weighted by Crippen LogP contribution is -1.96. The summed E-state index contributed by atoms with van der Waals surface area (Å²) in [7, 11) is 0. The molecule has 0 aliphatic rings. The highest BCUT2D eigenvalue weighted by atomic mass is 16.5. The van der Waals surface area contributed by atoms with Gasteiger partial charge in [-0.15, -0.1) is 0 Å². The van der Waals surface area contributed by atoms with Crippen LogP contribution in [0.3, 0.4) is 0 Å². The zero-order valence-electron chi connectivity index (χ0n) is 9.83. The van der Waals surface area contributed by atoms with E-state index in [0.29, 0.717) is 24.0 Å². The van der Waals surface area contributed by atoms with Gasteiger partial charge in [0, 0.05) is 0 Å². The normalized spacial score (nSPS) is 9.56. The van der Waals surface area contributed by atoms with Crippen molar-refractivity contribution >= 4 is 0 Å². The SMILES string of the molecule is CCOc1ccccc1Oc1cnc(C#N)cn1. The number of para-hydroxylation sites is 2. The summed E-state index contributed by atoms with van der Waals surface area (Å²) < 4.78 is 11.0.